The van der Waals surface area contributed by atoms with Gasteiger partial charge in [0.25, 0.3) is 11.8 Å². The van der Waals surface area contributed by atoms with Crippen LogP contribution < -0.4 is 10.6 Å². The van der Waals surface area contributed by atoms with Crippen molar-refractivity contribution < 1.29 is 41.0 Å². The van der Waals surface area contributed by atoms with Crippen molar-refractivity contribution in [3.63, 3.8) is 0 Å². The summed E-state index contributed by atoms with van der Waals surface area (Å²) in [4.78, 5) is 35.4. The fraction of sp³-hybridized carbons (Fsp3) is 0.565. The zero-order valence-electron chi connectivity index (χ0n) is 20.3. The lowest BCUT2D eigenvalue weighted by molar-refractivity contribution is -0.137. The highest BCUT2D eigenvalue weighted by Gasteiger charge is 2.45. The zero-order chi connectivity index (χ0) is 28.0. The summed E-state index contributed by atoms with van der Waals surface area (Å²) in [5.74, 6) is -2.07. The number of carbonyl (C=O) groups is 2. The summed E-state index contributed by atoms with van der Waals surface area (Å²) >= 11 is 0.542. The molecular weight excluding hydrogens is 540 g/mol. The number of hydrogen-bond acceptors (Lipinski definition) is 7. The fourth-order valence-corrected chi connectivity index (χ4v) is 5.64. The van der Waals surface area contributed by atoms with Gasteiger partial charge in [-0.2, -0.15) is 26.3 Å². The van der Waals surface area contributed by atoms with Crippen LogP contribution in [0.2, 0.25) is 0 Å². The molecule has 0 aliphatic carbocycles. The number of aromatic nitrogens is 2. The van der Waals surface area contributed by atoms with E-state index in [0.29, 0.717) is 17.4 Å². The van der Waals surface area contributed by atoms with E-state index in [0.717, 1.165) is 31.9 Å². The maximum atomic E-state index is 14.1. The highest BCUT2D eigenvalue weighted by Crippen LogP contribution is 2.44. The van der Waals surface area contributed by atoms with Crippen LogP contribution in [-0.2, 0) is 6.18 Å². The Hall–Kier alpha value is -2.94. The van der Waals surface area contributed by atoms with Crippen LogP contribution >= 0.6 is 11.3 Å². The SMILES string of the molecule is CC(C)(O)CNC(=O)c1nc(C(=O)N2C3CCC2CC3)c(-c2cnc(NCC(F)(F)F)cc2C(F)(F)F)s1. The largest absolute Gasteiger partial charge is 0.417 e. The summed E-state index contributed by atoms with van der Waals surface area (Å²) in [6.45, 7) is 1.10. The number of pyridine rings is 1. The van der Waals surface area contributed by atoms with Crippen LogP contribution in [0.5, 0.6) is 0 Å². The number of fused-ring (bicyclic) bond motifs is 2. The summed E-state index contributed by atoms with van der Waals surface area (Å²) in [6.07, 6.45) is -5.96. The van der Waals surface area contributed by atoms with Gasteiger partial charge in [0.15, 0.2) is 5.01 Å². The first kappa shape index (κ1) is 28.1. The molecule has 0 unspecified atom stereocenters. The second-order valence-electron chi connectivity index (χ2n) is 9.95. The highest BCUT2D eigenvalue weighted by atomic mass is 32.1. The van der Waals surface area contributed by atoms with E-state index < -0.39 is 53.3 Å². The van der Waals surface area contributed by atoms with Crippen LogP contribution in [0.4, 0.5) is 32.2 Å². The van der Waals surface area contributed by atoms with E-state index in [-0.39, 0.29) is 34.2 Å². The molecule has 0 spiro atoms. The first-order valence-electron chi connectivity index (χ1n) is 11.8. The van der Waals surface area contributed by atoms with Crippen molar-refractivity contribution in [2.24, 2.45) is 0 Å². The van der Waals surface area contributed by atoms with Crippen LogP contribution in [0.1, 0.15) is 65.4 Å². The summed E-state index contributed by atoms with van der Waals surface area (Å²) in [7, 11) is 0. The maximum absolute atomic E-state index is 14.1. The molecule has 2 bridgehead atoms. The molecule has 0 saturated carbocycles. The maximum Gasteiger partial charge on any atom is 0.417 e. The van der Waals surface area contributed by atoms with E-state index in [1.54, 1.807) is 4.90 Å². The van der Waals surface area contributed by atoms with E-state index in [1.165, 1.54) is 13.8 Å². The Morgan fingerprint density at radius 3 is 2.21 bits per heavy atom. The minimum atomic E-state index is -5.02. The Labute approximate surface area is 217 Å². The smallest absolute Gasteiger partial charge is 0.389 e. The molecule has 15 heteroatoms. The molecule has 2 amide bonds. The van der Waals surface area contributed by atoms with Crippen molar-refractivity contribution in [1.82, 2.24) is 20.2 Å². The number of anilines is 1. The molecule has 4 heterocycles. The summed E-state index contributed by atoms with van der Waals surface area (Å²) in [6, 6.07) is 0.273. The number of thiazole rings is 1. The van der Waals surface area contributed by atoms with Gasteiger partial charge in [0.2, 0.25) is 0 Å². The number of hydrogen-bond donors (Lipinski definition) is 3. The van der Waals surface area contributed by atoms with Gasteiger partial charge in [-0.3, -0.25) is 9.59 Å². The predicted molar refractivity (Wildman–Crippen MR) is 126 cm³/mol. The van der Waals surface area contributed by atoms with Gasteiger partial charge in [-0.1, -0.05) is 0 Å². The average Bonchev–Trinajstić information content (AvgIpc) is 3.53. The molecule has 2 aliphatic heterocycles. The van der Waals surface area contributed by atoms with Crippen LogP contribution in [-0.4, -0.2) is 68.7 Å². The number of nitrogens with zero attached hydrogens (tertiary/aromatic N) is 3. The normalized spacial score (nSPS) is 19.7. The predicted octanol–water partition coefficient (Wildman–Crippen LogP) is 4.47. The minimum absolute atomic E-state index is 0.0799. The third-order valence-corrected chi connectivity index (χ3v) is 7.40. The number of carbonyl (C=O) groups excluding carboxylic acids is 2. The van der Waals surface area contributed by atoms with Crippen molar-refractivity contribution in [1.29, 1.82) is 0 Å². The Bertz CT molecular complexity index is 1200. The van der Waals surface area contributed by atoms with Crippen molar-refractivity contribution in [2.75, 3.05) is 18.4 Å². The van der Waals surface area contributed by atoms with E-state index >= 15 is 0 Å². The van der Waals surface area contributed by atoms with E-state index in [9.17, 15) is 41.0 Å². The molecule has 4 rings (SSSR count). The number of amides is 2. The van der Waals surface area contributed by atoms with Gasteiger partial charge in [0, 0.05) is 30.4 Å². The van der Waals surface area contributed by atoms with Gasteiger partial charge in [0.05, 0.1) is 16.0 Å². The van der Waals surface area contributed by atoms with Gasteiger partial charge in [-0.25, -0.2) is 9.97 Å². The number of alkyl halides is 6. The molecule has 2 aromatic rings. The van der Waals surface area contributed by atoms with E-state index in [4.69, 9.17) is 0 Å². The molecule has 38 heavy (non-hydrogen) atoms. The Balaban J connectivity index is 1.78. The third kappa shape index (κ3) is 6.20. The summed E-state index contributed by atoms with van der Waals surface area (Å²) < 4.78 is 80.0. The molecule has 2 aliphatic rings. The third-order valence-electron chi connectivity index (χ3n) is 6.32. The lowest BCUT2D eigenvalue weighted by Crippen LogP contribution is -2.38. The molecule has 2 aromatic heterocycles. The summed E-state index contributed by atoms with van der Waals surface area (Å²) in [5, 5.41) is 13.8. The number of rotatable bonds is 7. The lowest BCUT2D eigenvalue weighted by Gasteiger charge is -2.22. The molecule has 0 radical (unpaired) electrons. The highest BCUT2D eigenvalue weighted by molar-refractivity contribution is 7.17. The van der Waals surface area contributed by atoms with Crippen molar-refractivity contribution in [3.05, 3.63) is 28.5 Å². The average molecular weight is 566 g/mol. The van der Waals surface area contributed by atoms with Gasteiger partial charge in [-0.15, -0.1) is 11.3 Å². The van der Waals surface area contributed by atoms with Gasteiger partial charge in [-0.05, 0) is 45.6 Å². The summed E-state index contributed by atoms with van der Waals surface area (Å²) in [5.41, 5.74) is -3.55. The van der Waals surface area contributed by atoms with Crippen molar-refractivity contribution in [3.8, 4) is 10.4 Å². The Morgan fingerprint density at radius 1 is 1.08 bits per heavy atom. The Morgan fingerprint density at radius 2 is 1.68 bits per heavy atom. The molecule has 208 valence electrons. The second kappa shape index (κ2) is 9.98. The Kier molecular flexibility index (Phi) is 7.38. The minimum Gasteiger partial charge on any atom is -0.389 e. The molecular formula is C23H25F6N5O3S. The molecule has 0 atom stereocenters. The van der Waals surface area contributed by atoms with Crippen LogP contribution in [0, 0.1) is 0 Å². The number of aliphatic hydroxyl groups is 1. The molecule has 8 nitrogen and oxygen atoms in total. The van der Waals surface area contributed by atoms with Gasteiger partial charge in [0.1, 0.15) is 18.1 Å². The zero-order valence-corrected chi connectivity index (χ0v) is 21.1. The second-order valence-corrected chi connectivity index (χ2v) is 10.9. The first-order chi connectivity index (χ1) is 17.5. The molecule has 3 N–H and O–H groups in total. The number of halogens is 6. The topological polar surface area (TPSA) is 107 Å². The van der Waals surface area contributed by atoms with E-state index in [1.807, 2.05) is 5.32 Å². The van der Waals surface area contributed by atoms with E-state index in [2.05, 4.69) is 15.3 Å². The van der Waals surface area contributed by atoms with Gasteiger partial charge >= 0.3 is 12.4 Å². The van der Waals surface area contributed by atoms with Crippen LogP contribution in [0.15, 0.2) is 12.3 Å². The fourth-order valence-electron chi connectivity index (χ4n) is 4.64. The number of nitrogens with one attached hydrogen (secondary N) is 2. The lowest BCUT2D eigenvalue weighted by atomic mass is 10.0. The van der Waals surface area contributed by atoms with Crippen LogP contribution in [0.3, 0.4) is 0 Å². The monoisotopic (exact) mass is 565 g/mol. The van der Waals surface area contributed by atoms with Gasteiger partial charge < -0.3 is 20.6 Å². The first-order valence-corrected chi connectivity index (χ1v) is 12.6. The molecule has 2 fully saturated rings. The molecule has 0 aromatic carbocycles. The quantitative estimate of drug-likeness (QED) is 0.428. The standard InChI is InChI=1S/C23H25F6N5O3S/c1-21(2,37)9-32-18(35)19-33-16(20(36)34-11-3-4-12(34)6-5-11)17(38-19)13-8-30-15(31-10-22(24,25)26)7-14(13)23(27,28)29/h7-8,11-12,37H,3-6,9-10H2,1-2H3,(H,30,31)(H,32,35). The van der Waals surface area contributed by atoms with Crippen LogP contribution in [0.25, 0.3) is 10.4 Å². The van der Waals surface area contributed by atoms with Crippen molar-refractivity contribution >= 4 is 29.0 Å². The molecule has 2 saturated heterocycles. The van der Waals surface area contributed by atoms with Crippen molar-refractivity contribution in [2.45, 2.75) is 69.6 Å².